The van der Waals surface area contributed by atoms with Gasteiger partial charge in [0.2, 0.25) is 0 Å². The zero-order valence-corrected chi connectivity index (χ0v) is 11.6. The van der Waals surface area contributed by atoms with Crippen LogP contribution in [0.5, 0.6) is 0 Å². The van der Waals surface area contributed by atoms with Crippen LogP contribution in [0, 0.1) is 5.41 Å². The van der Waals surface area contributed by atoms with Gasteiger partial charge in [0.05, 0.1) is 4.47 Å². The smallest absolute Gasteiger partial charge is 0.148 e. The van der Waals surface area contributed by atoms with Crippen LogP contribution in [0.1, 0.15) is 27.7 Å². The molecule has 0 radical (unpaired) electrons. The molecule has 0 saturated heterocycles. The zero-order valence-electron chi connectivity index (χ0n) is 9.31. The average Bonchev–Trinajstić information content (AvgIpc) is 2.11. The quantitative estimate of drug-likeness (QED) is 0.844. The molecule has 1 rings (SSSR count). The molecule has 0 fully saturated rings. The van der Waals surface area contributed by atoms with Crippen LogP contribution in [-0.4, -0.2) is 16.0 Å². The Hall–Kier alpha value is -0.350. The molecular formula is C10H15BrClN3. The molecule has 1 atom stereocenters. The van der Waals surface area contributed by atoms with E-state index < -0.39 is 0 Å². The van der Waals surface area contributed by atoms with Gasteiger partial charge in [-0.25, -0.2) is 9.97 Å². The van der Waals surface area contributed by atoms with Crippen LogP contribution in [0.3, 0.4) is 0 Å². The molecule has 1 N–H and O–H groups in total. The average molecular weight is 293 g/mol. The predicted octanol–water partition coefficient (Wildman–Crippen LogP) is 3.74. The molecule has 0 aliphatic heterocycles. The summed E-state index contributed by atoms with van der Waals surface area (Å²) in [6.07, 6.45) is 1.45. The van der Waals surface area contributed by atoms with Gasteiger partial charge in [0.15, 0.2) is 0 Å². The molecule has 84 valence electrons. The molecule has 15 heavy (non-hydrogen) atoms. The Morgan fingerprint density at radius 1 is 1.40 bits per heavy atom. The van der Waals surface area contributed by atoms with Crippen molar-refractivity contribution < 1.29 is 0 Å². The van der Waals surface area contributed by atoms with Gasteiger partial charge < -0.3 is 5.32 Å². The fraction of sp³-hybridized carbons (Fsp3) is 0.600. The number of hydrogen-bond donors (Lipinski definition) is 1. The van der Waals surface area contributed by atoms with Crippen molar-refractivity contribution in [2.45, 2.75) is 33.7 Å². The van der Waals surface area contributed by atoms with Gasteiger partial charge in [-0.2, -0.15) is 0 Å². The fourth-order valence-electron chi connectivity index (χ4n) is 0.871. The van der Waals surface area contributed by atoms with Gasteiger partial charge in [-0.05, 0) is 28.3 Å². The van der Waals surface area contributed by atoms with Gasteiger partial charge in [0.1, 0.15) is 17.3 Å². The van der Waals surface area contributed by atoms with Crippen molar-refractivity contribution in [3.05, 3.63) is 16.0 Å². The molecule has 0 spiro atoms. The van der Waals surface area contributed by atoms with E-state index in [1.54, 1.807) is 0 Å². The lowest BCUT2D eigenvalue weighted by Gasteiger charge is -2.28. The van der Waals surface area contributed by atoms with Crippen molar-refractivity contribution in [2.24, 2.45) is 5.41 Å². The van der Waals surface area contributed by atoms with Crippen molar-refractivity contribution in [3.8, 4) is 0 Å². The molecule has 1 heterocycles. The number of halogens is 2. The summed E-state index contributed by atoms with van der Waals surface area (Å²) in [4.78, 5) is 8.02. The van der Waals surface area contributed by atoms with Crippen LogP contribution < -0.4 is 5.32 Å². The second-order valence-corrected chi connectivity index (χ2v) is 5.71. The van der Waals surface area contributed by atoms with Crippen LogP contribution >= 0.6 is 27.5 Å². The van der Waals surface area contributed by atoms with E-state index in [-0.39, 0.29) is 5.41 Å². The molecule has 0 aromatic carbocycles. The summed E-state index contributed by atoms with van der Waals surface area (Å²) in [6.45, 7) is 8.62. The monoisotopic (exact) mass is 291 g/mol. The number of hydrogen-bond acceptors (Lipinski definition) is 3. The van der Waals surface area contributed by atoms with E-state index in [2.05, 4.69) is 58.9 Å². The maximum absolute atomic E-state index is 5.87. The predicted molar refractivity (Wildman–Crippen MR) is 67.3 cm³/mol. The Labute approximate surface area is 104 Å². The maximum atomic E-state index is 5.87. The highest BCUT2D eigenvalue weighted by atomic mass is 79.9. The van der Waals surface area contributed by atoms with Crippen molar-refractivity contribution >= 4 is 33.3 Å². The third kappa shape index (κ3) is 3.31. The minimum Gasteiger partial charge on any atom is -0.366 e. The Balaban J connectivity index is 2.86. The van der Waals surface area contributed by atoms with Crippen molar-refractivity contribution in [1.82, 2.24) is 9.97 Å². The van der Waals surface area contributed by atoms with Gasteiger partial charge in [0, 0.05) is 6.04 Å². The lowest BCUT2D eigenvalue weighted by atomic mass is 9.88. The van der Waals surface area contributed by atoms with Gasteiger partial charge in [-0.15, -0.1) is 0 Å². The zero-order chi connectivity index (χ0) is 11.6. The van der Waals surface area contributed by atoms with E-state index in [1.165, 1.54) is 6.33 Å². The Morgan fingerprint density at radius 3 is 2.53 bits per heavy atom. The summed E-state index contributed by atoms with van der Waals surface area (Å²) in [7, 11) is 0. The fourth-order valence-corrected chi connectivity index (χ4v) is 1.32. The molecule has 0 bridgehead atoms. The summed E-state index contributed by atoms with van der Waals surface area (Å²) in [5, 5.41) is 3.73. The van der Waals surface area contributed by atoms with Crippen LogP contribution in [0.15, 0.2) is 10.8 Å². The Bertz CT molecular complexity index is 349. The second kappa shape index (κ2) is 4.66. The van der Waals surface area contributed by atoms with Gasteiger partial charge in [-0.1, -0.05) is 32.4 Å². The van der Waals surface area contributed by atoms with Crippen LogP contribution in [0.25, 0.3) is 0 Å². The van der Waals surface area contributed by atoms with Crippen LogP contribution in [-0.2, 0) is 0 Å². The molecule has 0 aliphatic carbocycles. The molecule has 0 saturated carbocycles. The first-order valence-corrected chi connectivity index (χ1v) is 5.92. The van der Waals surface area contributed by atoms with Gasteiger partial charge in [0.25, 0.3) is 0 Å². The number of nitrogens with one attached hydrogen (secondary N) is 1. The third-order valence-electron chi connectivity index (χ3n) is 2.40. The first-order valence-electron chi connectivity index (χ1n) is 4.75. The van der Waals surface area contributed by atoms with Crippen LogP contribution in [0.2, 0.25) is 5.15 Å². The molecule has 1 aromatic rings. The summed E-state index contributed by atoms with van der Waals surface area (Å²) in [5.41, 5.74) is 0.164. The number of nitrogens with zero attached hydrogens (tertiary/aromatic N) is 2. The SMILES string of the molecule is CC(Nc1ncnc(Cl)c1Br)C(C)(C)C. The largest absolute Gasteiger partial charge is 0.366 e. The molecule has 5 heteroatoms. The number of anilines is 1. The molecule has 0 amide bonds. The van der Waals surface area contributed by atoms with Crippen LogP contribution in [0.4, 0.5) is 5.82 Å². The van der Waals surface area contributed by atoms with E-state index in [9.17, 15) is 0 Å². The second-order valence-electron chi connectivity index (χ2n) is 4.56. The van der Waals surface area contributed by atoms with E-state index in [0.717, 1.165) is 5.82 Å². The lowest BCUT2D eigenvalue weighted by molar-refractivity contribution is 0.358. The highest BCUT2D eigenvalue weighted by Gasteiger charge is 2.21. The first-order chi connectivity index (χ1) is 6.82. The van der Waals surface area contributed by atoms with E-state index >= 15 is 0 Å². The minimum absolute atomic E-state index is 0.164. The summed E-state index contributed by atoms with van der Waals surface area (Å²) < 4.78 is 0.711. The third-order valence-corrected chi connectivity index (χ3v) is 3.67. The minimum atomic E-state index is 0.164. The van der Waals surface area contributed by atoms with Crippen molar-refractivity contribution in [1.29, 1.82) is 0 Å². The number of rotatable bonds is 2. The summed E-state index contributed by atoms with van der Waals surface area (Å²) in [6, 6.07) is 0.291. The normalized spacial score (nSPS) is 13.7. The van der Waals surface area contributed by atoms with Crippen molar-refractivity contribution in [2.75, 3.05) is 5.32 Å². The Morgan fingerprint density at radius 2 is 2.00 bits per heavy atom. The van der Waals surface area contributed by atoms with Gasteiger partial charge >= 0.3 is 0 Å². The Kier molecular flexibility index (Phi) is 3.95. The topological polar surface area (TPSA) is 37.8 Å². The molecule has 0 aliphatic rings. The standard InChI is InChI=1S/C10H15BrClN3/c1-6(10(2,3)4)15-9-7(11)8(12)13-5-14-9/h5-6H,1-4H3,(H,13,14,15). The summed E-state index contributed by atoms with van der Waals surface area (Å²) in [5.74, 6) is 0.734. The lowest BCUT2D eigenvalue weighted by Crippen LogP contribution is -2.31. The number of aromatic nitrogens is 2. The molecule has 3 nitrogen and oxygen atoms in total. The molecule has 1 aromatic heterocycles. The molecule has 1 unspecified atom stereocenters. The highest BCUT2D eigenvalue weighted by molar-refractivity contribution is 9.10. The van der Waals surface area contributed by atoms with Gasteiger partial charge in [-0.3, -0.25) is 0 Å². The van der Waals surface area contributed by atoms with E-state index in [0.29, 0.717) is 15.7 Å². The highest BCUT2D eigenvalue weighted by Crippen LogP contribution is 2.29. The van der Waals surface area contributed by atoms with E-state index in [4.69, 9.17) is 11.6 Å². The van der Waals surface area contributed by atoms with Crippen molar-refractivity contribution in [3.63, 3.8) is 0 Å². The van der Waals surface area contributed by atoms with E-state index in [1.807, 2.05) is 0 Å². The summed E-state index contributed by atoms with van der Waals surface area (Å²) >= 11 is 9.23. The first kappa shape index (κ1) is 12.7. The maximum Gasteiger partial charge on any atom is 0.148 e. The molecular weight excluding hydrogens is 277 g/mol.